The van der Waals surface area contributed by atoms with E-state index in [1.54, 1.807) is 0 Å². The molecule has 2 nitrogen and oxygen atoms in total. The summed E-state index contributed by atoms with van der Waals surface area (Å²) in [6, 6.07) is 0. The number of hydrogen-bond acceptors (Lipinski definition) is 2. The average Bonchev–Trinajstić information content (AvgIpc) is 2.52. The Morgan fingerprint density at radius 1 is 1.07 bits per heavy atom. The van der Waals surface area contributed by atoms with E-state index >= 15 is 0 Å². The number of ketones is 1. The van der Waals surface area contributed by atoms with E-state index in [4.69, 9.17) is 69.6 Å². The van der Waals surface area contributed by atoms with Crippen LogP contribution in [0.25, 0.3) is 0 Å². The highest BCUT2D eigenvalue weighted by atomic mass is 35.6. The number of Topliss-reactive ketones (excluding diaryl/α,β-unsaturated/α-hetero) is 1. The maximum Gasteiger partial charge on any atom is 0.273 e. The Morgan fingerprint density at radius 3 is 1.79 bits per heavy atom. The molecule has 8 heteroatoms. The third-order valence-electron chi connectivity index (χ3n) is 5.65. The standard InChI is InChI=1S/C10H14Cl2O.C8H14.C2Cl4O/c1-2-3-7-4-9(5-7)6-8(13)10(9,11)12;1-3-4-8-5-7(2)6-8;3-1(7)2(4,5)6/h7H,2-6H2,1H3;8H,2-6H2,1H3;. The van der Waals surface area contributed by atoms with E-state index in [0.29, 0.717) is 6.42 Å². The molecule has 0 bridgehead atoms. The van der Waals surface area contributed by atoms with E-state index in [-0.39, 0.29) is 11.2 Å². The predicted molar refractivity (Wildman–Crippen MR) is 122 cm³/mol. The number of hydrogen-bond donors (Lipinski definition) is 0. The Kier molecular flexibility index (Phi) is 10.5. The summed E-state index contributed by atoms with van der Waals surface area (Å²) in [5, 5.41) is -0.988. The molecule has 3 rings (SSSR count). The van der Waals surface area contributed by atoms with Crippen LogP contribution in [0.1, 0.15) is 71.6 Å². The molecule has 3 aliphatic rings. The minimum Gasteiger partial charge on any atom is -0.296 e. The van der Waals surface area contributed by atoms with Crippen molar-refractivity contribution in [2.45, 2.75) is 79.8 Å². The van der Waals surface area contributed by atoms with E-state index in [9.17, 15) is 9.59 Å². The number of rotatable bonds is 4. The van der Waals surface area contributed by atoms with Crippen molar-refractivity contribution in [2.24, 2.45) is 17.3 Å². The lowest BCUT2D eigenvalue weighted by Gasteiger charge is -2.60. The van der Waals surface area contributed by atoms with Crippen LogP contribution in [0.3, 0.4) is 0 Å². The molecule has 0 atom stereocenters. The van der Waals surface area contributed by atoms with Crippen LogP contribution in [-0.2, 0) is 9.59 Å². The predicted octanol–water partition coefficient (Wildman–Crippen LogP) is 8.20. The zero-order valence-corrected chi connectivity index (χ0v) is 20.8. The SMILES string of the molecule is C=C1CC(CCC)C1.CCCC1CC2(CC(=O)C2(Cl)Cl)C1.O=C(Cl)C(Cl)(Cl)Cl. The van der Waals surface area contributed by atoms with Crippen molar-refractivity contribution in [3.63, 3.8) is 0 Å². The molecule has 0 aliphatic heterocycles. The van der Waals surface area contributed by atoms with Crippen LogP contribution < -0.4 is 0 Å². The molecule has 0 saturated heterocycles. The van der Waals surface area contributed by atoms with Crippen molar-refractivity contribution >= 4 is 80.6 Å². The first-order valence-electron chi connectivity index (χ1n) is 9.63. The van der Waals surface area contributed by atoms with Gasteiger partial charge in [-0.25, -0.2) is 0 Å². The average molecular weight is 513 g/mol. The minimum absolute atomic E-state index is 0.0192. The highest BCUT2D eigenvalue weighted by Gasteiger charge is 2.68. The summed E-state index contributed by atoms with van der Waals surface area (Å²) in [6.45, 7) is 8.33. The summed E-state index contributed by atoms with van der Waals surface area (Å²) in [4.78, 5) is 21.0. The van der Waals surface area contributed by atoms with E-state index in [2.05, 4.69) is 20.4 Å². The van der Waals surface area contributed by atoms with Crippen molar-refractivity contribution in [1.82, 2.24) is 0 Å². The Hall–Kier alpha value is 0.820. The number of halogens is 6. The van der Waals surface area contributed by atoms with Crippen molar-refractivity contribution in [3.05, 3.63) is 12.2 Å². The van der Waals surface area contributed by atoms with E-state index in [0.717, 1.165) is 24.7 Å². The van der Waals surface area contributed by atoms with Gasteiger partial charge in [-0.05, 0) is 49.1 Å². The highest BCUT2D eigenvalue weighted by molar-refractivity contribution is 6.88. The summed E-state index contributed by atoms with van der Waals surface area (Å²) in [5.41, 5.74) is 1.43. The van der Waals surface area contributed by atoms with Crippen LogP contribution in [0.4, 0.5) is 0 Å². The second-order valence-corrected chi connectivity index (χ2v) is 12.1. The second-order valence-electron chi connectivity index (χ2n) is 8.10. The fourth-order valence-electron chi connectivity index (χ4n) is 4.15. The van der Waals surface area contributed by atoms with E-state index < -0.39 is 13.4 Å². The molecule has 0 amide bonds. The summed E-state index contributed by atoms with van der Waals surface area (Å²) < 4.78 is -3.00. The Labute approximate surface area is 198 Å². The third kappa shape index (κ3) is 6.92. The number of allylic oxidation sites excluding steroid dienone is 1. The summed E-state index contributed by atoms with van der Waals surface area (Å²) in [5.74, 6) is 1.79. The zero-order valence-electron chi connectivity index (χ0n) is 16.3. The molecule has 0 aromatic rings. The molecule has 28 heavy (non-hydrogen) atoms. The van der Waals surface area contributed by atoms with Gasteiger partial charge in [0, 0.05) is 11.8 Å². The lowest BCUT2D eigenvalue weighted by Crippen LogP contribution is -2.63. The quantitative estimate of drug-likeness (QED) is 0.216. The van der Waals surface area contributed by atoms with Crippen LogP contribution in [0, 0.1) is 17.3 Å². The molecule has 3 saturated carbocycles. The fourth-order valence-corrected chi connectivity index (χ4v) is 4.72. The van der Waals surface area contributed by atoms with Gasteiger partial charge in [-0.1, -0.05) is 110 Å². The largest absolute Gasteiger partial charge is 0.296 e. The monoisotopic (exact) mass is 510 g/mol. The number of carbonyl (C=O) groups excluding carboxylic acids is 2. The van der Waals surface area contributed by atoms with Crippen LogP contribution in [0.15, 0.2) is 12.2 Å². The molecule has 1 spiro atoms. The lowest BCUT2D eigenvalue weighted by atomic mass is 9.50. The molecule has 162 valence electrons. The molecule has 0 heterocycles. The molecular formula is C20H28Cl6O2. The van der Waals surface area contributed by atoms with Gasteiger partial charge in [0.05, 0.1) is 0 Å². The van der Waals surface area contributed by atoms with E-state index in [1.165, 1.54) is 44.1 Å². The van der Waals surface area contributed by atoms with Gasteiger partial charge in [-0.2, -0.15) is 0 Å². The Balaban J connectivity index is 0.000000227. The molecule has 3 aliphatic carbocycles. The normalized spacial score (nSPS) is 28.1. The summed E-state index contributed by atoms with van der Waals surface area (Å²) in [6.07, 6.45) is 10.6. The van der Waals surface area contributed by atoms with Crippen molar-refractivity contribution in [1.29, 1.82) is 0 Å². The van der Waals surface area contributed by atoms with Crippen LogP contribution >= 0.6 is 69.6 Å². The van der Waals surface area contributed by atoms with E-state index in [1.807, 2.05) is 0 Å². The summed E-state index contributed by atoms with van der Waals surface area (Å²) in [7, 11) is 0. The first-order valence-corrected chi connectivity index (χ1v) is 11.9. The van der Waals surface area contributed by atoms with Crippen molar-refractivity contribution < 1.29 is 9.59 Å². The number of carbonyl (C=O) groups is 2. The number of alkyl halides is 5. The van der Waals surface area contributed by atoms with Crippen LogP contribution in [0.5, 0.6) is 0 Å². The molecule has 0 aromatic heterocycles. The van der Waals surface area contributed by atoms with Gasteiger partial charge in [-0.15, -0.1) is 0 Å². The second kappa shape index (κ2) is 10.9. The fraction of sp³-hybridized carbons (Fsp3) is 0.800. The lowest BCUT2D eigenvalue weighted by molar-refractivity contribution is -0.144. The van der Waals surface area contributed by atoms with Gasteiger partial charge in [0.1, 0.15) is 0 Å². The third-order valence-corrected chi connectivity index (χ3v) is 7.96. The molecular weight excluding hydrogens is 485 g/mol. The molecule has 0 unspecified atom stereocenters. The first kappa shape index (κ1) is 26.9. The van der Waals surface area contributed by atoms with Crippen LogP contribution in [0.2, 0.25) is 0 Å². The van der Waals surface area contributed by atoms with Gasteiger partial charge in [0.15, 0.2) is 10.1 Å². The van der Waals surface area contributed by atoms with Crippen molar-refractivity contribution in [2.75, 3.05) is 0 Å². The first-order chi connectivity index (χ1) is 12.8. The maximum absolute atomic E-state index is 11.2. The molecule has 0 N–H and O–H groups in total. The van der Waals surface area contributed by atoms with Gasteiger partial charge in [0.25, 0.3) is 9.03 Å². The summed E-state index contributed by atoms with van der Waals surface area (Å²) >= 11 is 31.5. The Bertz CT molecular complexity index is 568. The maximum atomic E-state index is 11.2. The van der Waals surface area contributed by atoms with Gasteiger partial charge in [-0.3, -0.25) is 9.59 Å². The van der Waals surface area contributed by atoms with Gasteiger partial charge < -0.3 is 0 Å². The van der Waals surface area contributed by atoms with Crippen LogP contribution in [-0.4, -0.2) is 19.2 Å². The minimum atomic E-state index is -1.96. The molecule has 0 aromatic carbocycles. The smallest absolute Gasteiger partial charge is 0.273 e. The molecule has 3 fully saturated rings. The highest BCUT2D eigenvalue weighted by Crippen LogP contribution is 2.67. The topological polar surface area (TPSA) is 34.1 Å². The zero-order chi connectivity index (χ0) is 21.8. The molecule has 0 radical (unpaired) electrons. The van der Waals surface area contributed by atoms with Gasteiger partial charge >= 0.3 is 0 Å². The van der Waals surface area contributed by atoms with Crippen molar-refractivity contribution in [3.8, 4) is 0 Å². The Morgan fingerprint density at radius 2 is 1.50 bits per heavy atom. The van der Waals surface area contributed by atoms with Gasteiger partial charge in [0.2, 0.25) is 0 Å².